The van der Waals surface area contributed by atoms with Crippen LogP contribution in [0.5, 0.6) is 0 Å². The summed E-state index contributed by atoms with van der Waals surface area (Å²) in [4.78, 5) is 49.3. The van der Waals surface area contributed by atoms with E-state index in [1.165, 1.54) is 36.4 Å². The summed E-state index contributed by atoms with van der Waals surface area (Å²) in [6, 6.07) is 5.52. The summed E-state index contributed by atoms with van der Waals surface area (Å²) in [5, 5.41) is 2.54. The molecule has 27 heavy (non-hydrogen) atoms. The van der Waals surface area contributed by atoms with Gasteiger partial charge in [0.25, 0.3) is 0 Å². The molecule has 1 aromatic heterocycles. The Kier molecular flexibility index (Phi) is 6.42. The van der Waals surface area contributed by atoms with Crippen LogP contribution in [0.1, 0.15) is 5.56 Å². The van der Waals surface area contributed by atoms with E-state index in [-0.39, 0.29) is 19.6 Å². The smallest absolute Gasteiger partial charge is 0.337 e. The van der Waals surface area contributed by atoms with E-state index in [0.29, 0.717) is 10.1 Å². The molecule has 1 heterocycles. The lowest BCUT2D eigenvalue weighted by atomic mass is 10.2. The van der Waals surface area contributed by atoms with Gasteiger partial charge in [0.15, 0.2) is 0 Å². The van der Waals surface area contributed by atoms with E-state index < -0.39 is 35.3 Å². The minimum Gasteiger partial charge on any atom is -0.350 e. The molecule has 2 rings (SSSR count). The van der Waals surface area contributed by atoms with Crippen molar-refractivity contribution < 1.29 is 9.18 Å². The van der Waals surface area contributed by atoms with Crippen molar-refractivity contribution in [3.8, 4) is 0 Å². The molecular weight excluding hydrogens is 355 g/mol. The summed E-state index contributed by atoms with van der Waals surface area (Å²) in [5.41, 5.74) is -1.95. The van der Waals surface area contributed by atoms with Crippen LogP contribution < -0.4 is 22.4 Å². The molecule has 1 amide bonds. The van der Waals surface area contributed by atoms with Crippen LogP contribution in [-0.4, -0.2) is 19.6 Å². The van der Waals surface area contributed by atoms with Gasteiger partial charge in [0.1, 0.15) is 12.4 Å². The van der Waals surface area contributed by atoms with Crippen molar-refractivity contribution >= 4 is 5.91 Å². The van der Waals surface area contributed by atoms with Crippen molar-refractivity contribution in [1.82, 2.24) is 19.0 Å². The first kappa shape index (κ1) is 19.8. The van der Waals surface area contributed by atoms with Crippen molar-refractivity contribution in [3.05, 3.63) is 92.4 Å². The van der Waals surface area contributed by atoms with Gasteiger partial charge in [-0.2, -0.15) is 0 Å². The SMILES string of the molecule is C=CCn1c(=O)n(CC=C)c(=O)n(CC(=O)NCc2ccc(F)cc2)c1=O. The van der Waals surface area contributed by atoms with Crippen LogP contribution in [0.3, 0.4) is 0 Å². The second kappa shape index (κ2) is 8.75. The molecule has 0 bridgehead atoms. The maximum absolute atomic E-state index is 12.9. The van der Waals surface area contributed by atoms with Gasteiger partial charge in [-0.05, 0) is 17.7 Å². The van der Waals surface area contributed by atoms with Gasteiger partial charge in [0.05, 0.1) is 13.1 Å². The Labute approximate surface area is 153 Å². The minimum atomic E-state index is -0.901. The first-order valence-electron chi connectivity index (χ1n) is 8.06. The molecule has 0 fully saturated rings. The van der Waals surface area contributed by atoms with E-state index in [1.807, 2.05) is 0 Å². The number of carbonyl (C=O) groups is 1. The van der Waals surface area contributed by atoms with E-state index in [4.69, 9.17) is 0 Å². The van der Waals surface area contributed by atoms with Crippen LogP contribution in [0, 0.1) is 5.82 Å². The summed E-state index contributed by atoms with van der Waals surface area (Å²) in [7, 11) is 0. The number of carbonyl (C=O) groups excluding carboxylic acids is 1. The predicted molar refractivity (Wildman–Crippen MR) is 97.9 cm³/mol. The number of benzene rings is 1. The minimum absolute atomic E-state index is 0.0982. The van der Waals surface area contributed by atoms with Crippen LogP contribution in [0.2, 0.25) is 0 Å². The van der Waals surface area contributed by atoms with E-state index in [2.05, 4.69) is 18.5 Å². The molecule has 0 atom stereocenters. The number of amides is 1. The van der Waals surface area contributed by atoms with Crippen LogP contribution in [-0.2, 0) is 31.0 Å². The third-order valence-corrected chi connectivity index (χ3v) is 3.71. The molecule has 0 saturated carbocycles. The zero-order valence-electron chi connectivity index (χ0n) is 14.6. The standard InChI is InChI=1S/C18H19FN4O4/c1-3-9-21-16(25)22(10-4-2)18(27)23(17(21)26)12-15(24)20-11-13-5-7-14(19)8-6-13/h3-8H,1-2,9-12H2,(H,20,24). The Balaban J connectivity index is 2.29. The first-order chi connectivity index (χ1) is 12.9. The molecule has 0 aliphatic carbocycles. The highest BCUT2D eigenvalue weighted by atomic mass is 19.1. The zero-order chi connectivity index (χ0) is 20.0. The van der Waals surface area contributed by atoms with Crippen LogP contribution in [0.4, 0.5) is 4.39 Å². The number of halogens is 1. The van der Waals surface area contributed by atoms with Crippen molar-refractivity contribution in [3.63, 3.8) is 0 Å². The molecule has 1 aromatic carbocycles. The summed E-state index contributed by atoms with van der Waals surface area (Å²) < 4.78 is 15.2. The number of rotatable bonds is 8. The molecule has 0 aliphatic heterocycles. The predicted octanol–water partition coefficient (Wildman–Crippen LogP) is -0.000800. The first-order valence-corrected chi connectivity index (χ1v) is 8.06. The quantitative estimate of drug-likeness (QED) is 0.658. The van der Waals surface area contributed by atoms with Crippen LogP contribution >= 0.6 is 0 Å². The Hall–Kier alpha value is -3.49. The third-order valence-electron chi connectivity index (χ3n) is 3.71. The van der Waals surface area contributed by atoms with Gasteiger partial charge in [-0.15, -0.1) is 13.2 Å². The summed E-state index contributed by atoms with van der Waals surface area (Å²) in [6.45, 7) is 6.28. The fourth-order valence-corrected chi connectivity index (χ4v) is 2.39. The Bertz CT molecular complexity index is 983. The molecule has 142 valence electrons. The van der Waals surface area contributed by atoms with Gasteiger partial charge in [0, 0.05) is 6.54 Å². The molecule has 0 saturated heterocycles. The highest BCUT2D eigenvalue weighted by Gasteiger charge is 2.16. The number of hydrogen-bond donors (Lipinski definition) is 1. The lowest BCUT2D eigenvalue weighted by molar-refractivity contribution is -0.122. The maximum atomic E-state index is 12.9. The molecular formula is C18H19FN4O4. The molecule has 8 nitrogen and oxygen atoms in total. The lowest BCUT2D eigenvalue weighted by Crippen LogP contribution is -2.55. The van der Waals surface area contributed by atoms with Gasteiger partial charge in [-0.1, -0.05) is 24.3 Å². The zero-order valence-corrected chi connectivity index (χ0v) is 14.6. The number of nitrogens with one attached hydrogen (secondary N) is 1. The molecule has 0 spiro atoms. The van der Waals surface area contributed by atoms with E-state index >= 15 is 0 Å². The third kappa shape index (κ3) is 4.57. The highest BCUT2D eigenvalue weighted by molar-refractivity contribution is 5.75. The Morgan fingerprint density at radius 3 is 1.89 bits per heavy atom. The van der Waals surface area contributed by atoms with Gasteiger partial charge >= 0.3 is 17.1 Å². The average molecular weight is 374 g/mol. The molecule has 2 aromatic rings. The average Bonchev–Trinajstić information content (AvgIpc) is 2.65. The Morgan fingerprint density at radius 2 is 1.41 bits per heavy atom. The lowest BCUT2D eigenvalue weighted by Gasteiger charge is -2.12. The maximum Gasteiger partial charge on any atom is 0.337 e. The van der Waals surface area contributed by atoms with Gasteiger partial charge in [0.2, 0.25) is 5.91 Å². The fourth-order valence-electron chi connectivity index (χ4n) is 2.39. The van der Waals surface area contributed by atoms with E-state index in [9.17, 15) is 23.6 Å². The second-order valence-corrected chi connectivity index (χ2v) is 5.64. The van der Waals surface area contributed by atoms with Crippen molar-refractivity contribution in [2.24, 2.45) is 0 Å². The second-order valence-electron chi connectivity index (χ2n) is 5.64. The summed E-state index contributed by atoms with van der Waals surface area (Å²) in [5.74, 6) is -1.00. The van der Waals surface area contributed by atoms with E-state index in [1.54, 1.807) is 0 Å². The topological polar surface area (TPSA) is 95.1 Å². The molecule has 1 N–H and O–H groups in total. The van der Waals surface area contributed by atoms with Crippen molar-refractivity contribution in [1.29, 1.82) is 0 Å². The van der Waals surface area contributed by atoms with E-state index in [0.717, 1.165) is 9.13 Å². The van der Waals surface area contributed by atoms with Gasteiger partial charge in [-0.3, -0.25) is 4.79 Å². The van der Waals surface area contributed by atoms with Gasteiger partial charge < -0.3 is 5.32 Å². The Morgan fingerprint density at radius 1 is 0.926 bits per heavy atom. The highest BCUT2D eigenvalue weighted by Crippen LogP contribution is 2.01. The molecule has 0 radical (unpaired) electrons. The van der Waals surface area contributed by atoms with Crippen LogP contribution in [0.15, 0.2) is 64.0 Å². The number of allylic oxidation sites excluding steroid dienone is 2. The largest absolute Gasteiger partial charge is 0.350 e. The number of nitrogens with zero attached hydrogens (tertiary/aromatic N) is 3. The number of aromatic nitrogens is 3. The molecule has 0 unspecified atom stereocenters. The number of hydrogen-bond acceptors (Lipinski definition) is 4. The van der Waals surface area contributed by atoms with Crippen molar-refractivity contribution in [2.75, 3.05) is 0 Å². The van der Waals surface area contributed by atoms with Crippen LogP contribution in [0.25, 0.3) is 0 Å². The normalized spacial score (nSPS) is 10.4. The van der Waals surface area contributed by atoms with Crippen molar-refractivity contribution in [2.45, 2.75) is 26.2 Å². The summed E-state index contributed by atoms with van der Waals surface area (Å²) in [6.07, 6.45) is 2.68. The molecule has 9 heteroatoms. The fraction of sp³-hybridized carbons (Fsp3) is 0.222. The monoisotopic (exact) mass is 374 g/mol. The van der Waals surface area contributed by atoms with Gasteiger partial charge in [-0.25, -0.2) is 32.5 Å². The molecule has 0 aliphatic rings. The summed E-state index contributed by atoms with van der Waals surface area (Å²) >= 11 is 0.